The van der Waals surface area contributed by atoms with Crippen molar-refractivity contribution in [2.45, 2.75) is 40.4 Å². The Balaban J connectivity index is 5.61. The van der Waals surface area contributed by atoms with Crippen molar-refractivity contribution in [1.29, 1.82) is 0 Å². The van der Waals surface area contributed by atoms with Gasteiger partial charge in [-0.1, -0.05) is 27.5 Å². The molecule has 2 atom stereocenters. The minimum atomic E-state index is -5.21. The van der Waals surface area contributed by atoms with Crippen LogP contribution in [0.1, 0.15) is 12.8 Å². The summed E-state index contributed by atoms with van der Waals surface area (Å²) >= 11 is 7.66. The van der Waals surface area contributed by atoms with Crippen LogP contribution >= 0.6 is 27.5 Å². The fourth-order valence-electron chi connectivity index (χ4n) is 1.36. The summed E-state index contributed by atoms with van der Waals surface area (Å²) in [5.74, 6) is -8.44. The quantitative estimate of drug-likeness (QED) is 0.447. The summed E-state index contributed by atoms with van der Waals surface area (Å²) in [6.45, 7) is 0. The minimum Gasteiger partial charge on any atom is -0.367 e. The summed E-state index contributed by atoms with van der Waals surface area (Å²) in [6.07, 6.45) is -13.0. The summed E-state index contributed by atoms with van der Waals surface area (Å²) in [7, 11) is -5.21. The second-order valence-electron chi connectivity index (χ2n) is 4.43. The van der Waals surface area contributed by atoms with E-state index in [2.05, 4.69) is 15.9 Å². The number of hydrogen-bond donors (Lipinski definition) is 1. The number of nitrogens with two attached hydrogens (primary N) is 1. The Labute approximate surface area is 139 Å². The maximum atomic E-state index is 13.0. The monoisotopic (exact) mass is 459 g/mol. The van der Waals surface area contributed by atoms with Crippen LogP contribution in [0.25, 0.3) is 0 Å². The van der Waals surface area contributed by atoms with Gasteiger partial charge in [-0.2, -0.15) is 13.2 Å². The largest absolute Gasteiger partial charge is 0.390 e. The van der Waals surface area contributed by atoms with Crippen molar-refractivity contribution >= 4 is 43.3 Å². The van der Waals surface area contributed by atoms with Crippen LogP contribution in [-0.2, 0) is 14.6 Å². The first-order valence-electron chi connectivity index (χ1n) is 5.55. The SMILES string of the molecule is NC(=O)C(Cl)(C(Br)CC(F)(F)C(F)F)S(=O)(=O)CCC(F)(F)F. The van der Waals surface area contributed by atoms with Crippen LogP contribution in [0, 0.1) is 0 Å². The zero-order chi connectivity index (χ0) is 18.9. The van der Waals surface area contributed by atoms with Gasteiger partial charge in [0.05, 0.1) is 17.0 Å². The molecule has 0 spiro atoms. The molecule has 2 N–H and O–H groups in total. The Morgan fingerprint density at radius 1 is 1.17 bits per heavy atom. The number of primary amides is 1. The Morgan fingerprint density at radius 3 is 1.91 bits per heavy atom. The summed E-state index contributed by atoms with van der Waals surface area (Å²) in [5, 5.41) is 0. The molecule has 0 aliphatic rings. The highest BCUT2D eigenvalue weighted by atomic mass is 79.9. The molecule has 0 saturated carbocycles. The predicted octanol–water partition coefficient (Wildman–Crippen LogP) is 2.83. The smallest absolute Gasteiger partial charge is 0.367 e. The number of carbonyl (C=O) groups is 1. The average Bonchev–Trinajstić information content (AvgIpc) is 2.33. The molecule has 0 aliphatic heterocycles. The Morgan fingerprint density at radius 2 is 1.61 bits per heavy atom. The van der Waals surface area contributed by atoms with Gasteiger partial charge in [-0.05, 0) is 0 Å². The van der Waals surface area contributed by atoms with Crippen molar-refractivity contribution in [3.05, 3.63) is 0 Å². The predicted molar refractivity (Wildman–Crippen MR) is 70.5 cm³/mol. The van der Waals surface area contributed by atoms with Crippen LogP contribution in [0.15, 0.2) is 0 Å². The molecule has 0 bridgehead atoms. The number of halogens is 9. The highest BCUT2D eigenvalue weighted by Gasteiger charge is 2.57. The van der Waals surface area contributed by atoms with Crippen molar-refractivity contribution in [1.82, 2.24) is 0 Å². The van der Waals surface area contributed by atoms with E-state index in [4.69, 9.17) is 17.3 Å². The van der Waals surface area contributed by atoms with E-state index in [0.717, 1.165) is 0 Å². The third-order valence-corrected chi connectivity index (χ3v) is 7.48. The molecule has 0 aromatic rings. The van der Waals surface area contributed by atoms with Crippen LogP contribution in [-0.4, -0.2) is 47.6 Å². The summed E-state index contributed by atoms with van der Waals surface area (Å²) in [6, 6.07) is 0. The molecule has 0 heterocycles. The standard InChI is InChI=1S/C9H10BrClF7NO3S/c10-4(3-7(14,15)5(12)13)9(11,6(19)20)23(21,22)2-1-8(16,17)18/h4-5H,1-3H2,(H2,19,20). The first-order chi connectivity index (χ1) is 9.97. The van der Waals surface area contributed by atoms with Gasteiger partial charge in [0.25, 0.3) is 5.91 Å². The molecule has 0 radical (unpaired) electrons. The van der Waals surface area contributed by atoms with Crippen LogP contribution in [0.2, 0.25) is 0 Å². The lowest BCUT2D eigenvalue weighted by molar-refractivity contribution is -0.134. The molecule has 14 heteroatoms. The highest BCUT2D eigenvalue weighted by Crippen LogP contribution is 2.41. The Hall–Kier alpha value is -0.300. The lowest BCUT2D eigenvalue weighted by Gasteiger charge is -2.30. The third kappa shape index (κ3) is 5.62. The molecule has 0 aromatic carbocycles. The zero-order valence-corrected chi connectivity index (χ0v) is 14.0. The van der Waals surface area contributed by atoms with E-state index in [0.29, 0.717) is 0 Å². The average molecular weight is 461 g/mol. The second-order valence-corrected chi connectivity index (χ2v) is 8.63. The fourth-order valence-corrected chi connectivity index (χ4v) is 4.76. The number of rotatable bonds is 8. The third-order valence-electron chi connectivity index (χ3n) is 2.62. The minimum absolute atomic E-state index is 1.73. The summed E-state index contributed by atoms with van der Waals surface area (Å²) < 4.78 is 107. The lowest BCUT2D eigenvalue weighted by Crippen LogP contribution is -2.55. The highest BCUT2D eigenvalue weighted by molar-refractivity contribution is 9.09. The molecule has 0 rings (SSSR count). The topological polar surface area (TPSA) is 77.2 Å². The van der Waals surface area contributed by atoms with Gasteiger partial charge in [-0.15, -0.1) is 0 Å². The van der Waals surface area contributed by atoms with Crippen LogP contribution < -0.4 is 5.73 Å². The van der Waals surface area contributed by atoms with E-state index >= 15 is 0 Å². The van der Waals surface area contributed by atoms with Crippen molar-refractivity contribution in [2.75, 3.05) is 5.75 Å². The first-order valence-corrected chi connectivity index (χ1v) is 8.50. The van der Waals surface area contributed by atoms with E-state index in [1.807, 2.05) is 0 Å². The van der Waals surface area contributed by atoms with Crippen LogP contribution in [0.5, 0.6) is 0 Å². The molecule has 1 amide bonds. The summed E-state index contributed by atoms with van der Waals surface area (Å²) in [5.41, 5.74) is 4.70. The molecule has 4 nitrogen and oxygen atoms in total. The number of amides is 1. The molecule has 23 heavy (non-hydrogen) atoms. The van der Waals surface area contributed by atoms with Crippen molar-refractivity contribution in [3.63, 3.8) is 0 Å². The zero-order valence-electron chi connectivity index (χ0n) is 10.9. The Bertz CT molecular complexity index is 542. The normalized spacial score (nSPS) is 17.8. The van der Waals surface area contributed by atoms with E-state index in [9.17, 15) is 43.9 Å². The number of alkyl halides is 9. The number of sulfone groups is 1. The fraction of sp³-hybridized carbons (Fsp3) is 0.889. The maximum Gasteiger partial charge on any atom is 0.390 e. The van der Waals surface area contributed by atoms with Gasteiger partial charge in [0.2, 0.25) is 4.21 Å². The van der Waals surface area contributed by atoms with Gasteiger partial charge in [-0.25, -0.2) is 26.0 Å². The maximum absolute atomic E-state index is 13.0. The molecule has 0 aromatic heterocycles. The lowest BCUT2D eigenvalue weighted by atomic mass is 10.1. The molecular formula is C9H10BrClF7NO3S. The van der Waals surface area contributed by atoms with E-state index < -0.39 is 61.9 Å². The van der Waals surface area contributed by atoms with Crippen LogP contribution in [0.4, 0.5) is 30.7 Å². The van der Waals surface area contributed by atoms with Gasteiger partial charge in [0, 0.05) is 6.42 Å². The number of hydrogen-bond acceptors (Lipinski definition) is 3. The van der Waals surface area contributed by atoms with E-state index in [1.54, 1.807) is 0 Å². The van der Waals surface area contributed by atoms with Crippen LogP contribution in [0.3, 0.4) is 0 Å². The van der Waals surface area contributed by atoms with Gasteiger partial charge >= 0.3 is 18.5 Å². The van der Waals surface area contributed by atoms with Gasteiger partial charge in [0.1, 0.15) is 0 Å². The molecule has 138 valence electrons. The summed E-state index contributed by atoms with van der Waals surface area (Å²) in [4.78, 5) is 8.91. The Kier molecular flexibility index (Phi) is 7.20. The second kappa shape index (κ2) is 7.30. The van der Waals surface area contributed by atoms with Gasteiger partial charge in [-0.3, -0.25) is 4.79 Å². The molecule has 0 fully saturated rings. The molecular weight excluding hydrogens is 451 g/mol. The van der Waals surface area contributed by atoms with Gasteiger partial charge in [0.15, 0.2) is 9.84 Å². The van der Waals surface area contributed by atoms with Crippen molar-refractivity contribution < 1.29 is 43.9 Å². The number of carbonyl (C=O) groups excluding carboxylic acids is 1. The van der Waals surface area contributed by atoms with Crippen molar-refractivity contribution in [2.24, 2.45) is 5.73 Å². The van der Waals surface area contributed by atoms with Crippen molar-refractivity contribution in [3.8, 4) is 0 Å². The first kappa shape index (κ1) is 22.7. The van der Waals surface area contributed by atoms with E-state index in [-0.39, 0.29) is 0 Å². The molecule has 2 unspecified atom stereocenters. The molecule has 0 saturated heterocycles. The molecule has 0 aliphatic carbocycles. The van der Waals surface area contributed by atoms with E-state index in [1.165, 1.54) is 0 Å². The van der Waals surface area contributed by atoms with Gasteiger partial charge < -0.3 is 5.73 Å².